The molecule has 0 fully saturated rings. The molecule has 13 heavy (non-hydrogen) atoms. The smallest absolute Gasteiger partial charge is 0.282 e. The van der Waals surface area contributed by atoms with Gasteiger partial charge < -0.3 is 0 Å². The van der Waals surface area contributed by atoms with Crippen LogP contribution in [0.4, 0.5) is 13.2 Å². The molecule has 0 N–H and O–H groups in total. The molecule has 1 heterocycles. The highest BCUT2D eigenvalue weighted by molar-refractivity contribution is 9.10. The summed E-state index contributed by atoms with van der Waals surface area (Å²) in [5, 5.41) is 3.50. The average molecular weight is 257 g/mol. The fraction of sp³-hybridized carbons (Fsp3) is 0.333. The van der Waals surface area contributed by atoms with E-state index < -0.39 is 17.7 Å². The van der Waals surface area contributed by atoms with Crippen LogP contribution < -0.4 is 0 Å². The van der Waals surface area contributed by atoms with Gasteiger partial charge in [-0.1, -0.05) is 0 Å². The third-order valence-electron chi connectivity index (χ3n) is 1.37. The molecule has 72 valence electrons. The molecule has 0 amide bonds. The summed E-state index contributed by atoms with van der Waals surface area (Å²) in [5.74, 6) is -1.90. The van der Waals surface area contributed by atoms with Crippen LogP contribution in [0.2, 0.25) is 0 Å². The van der Waals surface area contributed by atoms with Crippen molar-refractivity contribution in [1.29, 1.82) is 0 Å². The minimum absolute atomic E-state index is 0.0392. The maximum atomic E-state index is 12.0. The first kappa shape index (κ1) is 10.2. The lowest BCUT2D eigenvalue weighted by molar-refractivity contribution is -0.0891. The van der Waals surface area contributed by atoms with Crippen molar-refractivity contribution in [2.24, 2.45) is 7.05 Å². The van der Waals surface area contributed by atoms with Gasteiger partial charge in [0.2, 0.25) is 0 Å². The second-order valence-corrected chi connectivity index (χ2v) is 3.15. The van der Waals surface area contributed by atoms with Gasteiger partial charge in [0.25, 0.3) is 5.78 Å². The van der Waals surface area contributed by atoms with Crippen molar-refractivity contribution in [3.63, 3.8) is 0 Å². The van der Waals surface area contributed by atoms with Crippen molar-refractivity contribution >= 4 is 21.7 Å². The highest BCUT2D eigenvalue weighted by Gasteiger charge is 2.42. The summed E-state index contributed by atoms with van der Waals surface area (Å²) in [6.07, 6.45) is -3.73. The van der Waals surface area contributed by atoms with Crippen LogP contribution in [0.15, 0.2) is 10.7 Å². The van der Waals surface area contributed by atoms with Gasteiger partial charge in [0, 0.05) is 7.05 Å². The minimum atomic E-state index is -4.86. The number of Topliss-reactive ketones (excluding diaryl/α,β-unsaturated/α-hetero) is 1. The summed E-state index contributed by atoms with van der Waals surface area (Å²) in [6.45, 7) is 0. The highest BCUT2D eigenvalue weighted by atomic mass is 79.9. The lowest BCUT2D eigenvalue weighted by Crippen LogP contribution is -2.25. The summed E-state index contributed by atoms with van der Waals surface area (Å²) in [6, 6.07) is 0. The number of carbonyl (C=O) groups is 1. The van der Waals surface area contributed by atoms with E-state index in [0.29, 0.717) is 0 Å². The van der Waals surface area contributed by atoms with Gasteiger partial charge in [-0.15, -0.1) is 0 Å². The molecule has 0 aliphatic carbocycles. The van der Waals surface area contributed by atoms with Crippen molar-refractivity contribution in [2.45, 2.75) is 6.18 Å². The van der Waals surface area contributed by atoms with E-state index in [1.165, 1.54) is 7.05 Å². The first-order chi connectivity index (χ1) is 5.84. The Morgan fingerprint density at radius 2 is 2.15 bits per heavy atom. The van der Waals surface area contributed by atoms with E-state index in [4.69, 9.17) is 0 Å². The van der Waals surface area contributed by atoms with Gasteiger partial charge in [-0.05, 0) is 15.9 Å². The normalized spacial score (nSPS) is 11.8. The molecule has 0 spiro atoms. The van der Waals surface area contributed by atoms with Gasteiger partial charge in [0.15, 0.2) is 0 Å². The standard InChI is InChI=1S/C6H4BrF3N2O/c1-12-4(3(7)2-11-12)5(13)6(8,9)10/h2H,1H3. The molecular weight excluding hydrogens is 253 g/mol. The van der Waals surface area contributed by atoms with E-state index in [2.05, 4.69) is 21.0 Å². The zero-order valence-corrected chi connectivity index (χ0v) is 7.98. The number of aryl methyl sites for hydroxylation is 1. The van der Waals surface area contributed by atoms with Gasteiger partial charge in [-0.25, -0.2) is 0 Å². The number of rotatable bonds is 1. The predicted molar refractivity (Wildman–Crippen MR) is 41.3 cm³/mol. The molecule has 0 bridgehead atoms. The van der Waals surface area contributed by atoms with E-state index in [1.54, 1.807) is 0 Å². The highest BCUT2D eigenvalue weighted by Crippen LogP contribution is 2.25. The molecule has 0 aliphatic rings. The van der Waals surface area contributed by atoms with Gasteiger partial charge in [0.1, 0.15) is 5.69 Å². The maximum Gasteiger partial charge on any atom is 0.456 e. The van der Waals surface area contributed by atoms with E-state index in [1.807, 2.05) is 0 Å². The van der Waals surface area contributed by atoms with Crippen molar-refractivity contribution in [3.05, 3.63) is 16.4 Å². The number of hydrogen-bond acceptors (Lipinski definition) is 2. The largest absolute Gasteiger partial charge is 0.456 e. The number of alkyl halides is 3. The van der Waals surface area contributed by atoms with Crippen LogP contribution >= 0.6 is 15.9 Å². The van der Waals surface area contributed by atoms with Crippen LogP contribution in [0.1, 0.15) is 10.5 Å². The quantitative estimate of drug-likeness (QED) is 0.720. The van der Waals surface area contributed by atoms with Gasteiger partial charge in [-0.3, -0.25) is 9.48 Å². The monoisotopic (exact) mass is 256 g/mol. The molecular formula is C6H4BrF3N2O. The van der Waals surface area contributed by atoms with Gasteiger partial charge in [-0.2, -0.15) is 18.3 Å². The topological polar surface area (TPSA) is 34.9 Å². The van der Waals surface area contributed by atoms with Crippen LogP contribution in [0.3, 0.4) is 0 Å². The molecule has 7 heteroatoms. The second-order valence-electron chi connectivity index (χ2n) is 2.29. The Morgan fingerprint density at radius 3 is 2.46 bits per heavy atom. The Hall–Kier alpha value is -0.850. The number of nitrogens with zero attached hydrogens (tertiary/aromatic N) is 2. The summed E-state index contributed by atoms with van der Waals surface area (Å²) < 4.78 is 36.8. The Kier molecular flexibility index (Phi) is 2.47. The molecule has 0 aromatic carbocycles. The van der Waals surface area contributed by atoms with Crippen molar-refractivity contribution < 1.29 is 18.0 Å². The number of ketones is 1. The molecule has 0 radical (unpaired) electrons. The molecule has 3 nitrogen and oxygen atoms in total. The van der Waals surface area contributed by atoms with Crippen LogP contribution in [0, 0.1) is 0 Å². The number of hydrogen-bond donors (Lipinski definition) is 0. The average Bonchev–Trinajstić information content (AvgIpc) is 2.28. The SMILES string of the molecule is Cn1ncc(Br)c1C(=O)C(F)(F)F. The first-order valence-electron chi connectivity index (χ1n) is 3.13. The van der Waals surface area contributed by atoms with Gasteiger partial charge in [0.05, 0.1) is 10.7 Å². The maximum absolute atomic E-state index is 12.0. The van der Waals surface area contributed by atoms with Crippen LogP contribution in [-0.4, -0.2) is 21.7 Å². The number of aromatic nitrogens is 2. The van der Waals surface area contributed by atoms with Crippen molar-refractivity contribution in [2.75, 3.05) is 0 Å². The van der Waals surface area contributed by atoms with Crippen LogP contribution in [0.5, 0.6) is 0 Å². The minimum Gasteiger partial charge on any atom is -0.282 e. The fourth-order valence-corrected chi connectivity index (χ4v) is 1.33. The molecule has 1 aromatic rings. The van der Waals surface area contributed by atoms with E-state index >= 15 is 0 Å². The number of carbonyl (C=O) groups excluding carboxylic acids is 1. The van der Waals surface area contributed by atoms with Crippen LogP contribution in [0.25, 0.3) is 0 Å². The first-order valence-corrected chi connectivity index (χ1v) is 3.92. The molecule has 0 saturated carbocycles. The Bertz CT molecular complexity index is 325. The van der Waals surface area contributed by atoms with Crippen LogP contribution in [-0.2, 0) is 7.05 Å². The van der Waals surface area contributed by atoms with E-state index in [0.717, 1.165) is 10.9 Å². The second kappa shape index (κ2) is 3.13. The Labute approximate surface area is 79.7 Å². The van der Waals surface area contributed by atoms with Crippen molar-refractivity contribution in [3.8, 4) is 0 Å². The third-order valence-corrected chi connectivity index (χ3v) is 1.95. The summed E-state index contributed by atoms with van der Waals surface area (Å²) in [4.78, 5) is 10.8. The fourth-order valence-electron chi connectivity index (χ4n) is 0.800. The molecule has 0 unspecified atom stereocenters. The van der Waals surface area contributed by atoms with Crippen molar-refractivity contribution in [1.82, 2.24) is 9.78 Å². The third kappa shape index (κ3) is 1.90. The van der Waals surface area contributed by atoms with Gasteiger partial charge >= 0.3 is 6.18 Å². The molecule has 0 atom stereocenters. The molecule has 0 aliphatic heterocycles. The summed E-state index contributed by atoms with van der Waals surface area (Å²) in [7, 11) is 1.27. The Balaban J connectivity index is 3.16. The van der Waals surface area contributed by atoms with E-state index in [9.17, 15) is 18.0 Å². The lowest BCUT2D eigenvalue weighted by Gasteiger charge is -2.05. The predicted octanol–water partition coefficient (Wildman–Crippen LogP) is 1.93. The zero-order chi connectivity index (χ0) is 10.2. The number of halogens is 4. The molecule has 1 aromatic heterocycles. The lowest BCUT2D eigenvalue weighted by atomic mass is 10.3. The molecule has 0 saturated heterocycles. The zero-order valence-electron chi connectivity index (χ0n) is 6.39. The summed E-state index contributed by atoms with van der Waals surface area (Å²) >= 11 is 2.81. The van der Waals surface area contributed by atoms with E-state index in [-0.39, 0.29) is 4.47 Å². The molecule has 1 rings (SSSR count). The summed E-state index contributed by atoms with van der Waals surface area (Å²) in [5.41, 5.74) is -0.493. The Morgan fingerprint density at radius 1 is 1.62 bits per heavy atom.